The number of aliphatic hydroxyl groups excluding tert-OH is 1. The van der Waals surface area contributed by atoms with Crippen LogP contribution >= 0.6 is 0 Å². The molecule has 0 heterocycles. The second-order valence-corrected chi connectivity index (χ2v) is 2.11. The van der Waals surface area contributed by atoms with Crippen molar-refractivity contribution in [2.45, 2.75) is 33.0 Å². The van der Waals surface area contributed by atoms with Crippen LogP contribution in [0.3, 0.4) is 0 Å². The van der Waals surface area contributed by atoms with Crippen LogP contribution in [-0.4, -0.2) is 16.5 Å². The first-order valence-corrected chi connectivity index (χ1v) is 3.21. The molecule has 0 fully saturated rings. The minimum absolute atomic E-state index is 0.636. The molecule has 0 saturated carbocycles. The SMILES string of the molecule is CCCC=C(C)C(O)O. The molecule has 0 aromatic heterocycles. The van der Waals surface area contributed by atoms with Crippen LogP contribution in [0.25, 0.3) is 0 Å². The maximum Gasteiger partial charge on any atom is 0.173 e. The van der Waals surface area contributed by atoms with E-state index in [-0.39, 0.29) is 0 Å². The van der Waals surface area contributed by atoms with Crippen LogP contribution < -0.4 is 0 Å². The third-order valence-corrected chi connectivity index (χ3v) is 1.16. The average Bonchev–Trinajstić information content (AvgIpc) is 1.82. The van der Waals surface area contributed by atoms with Gasteiger partial charge in [-0.2, -0.15) is 0 Å². The molecule has 0 aliphatic carbocycles. The Morgan fingerprint density at radius 1 is 1.56 bits per heavy atom. The number of aliphatic hydroxyl groups is 2. The first kappa shape index (κ1) is 8.66. The van der Waals surface area contributed by atoms with Gasteiger partial charge in [0.15, 0.2) is 6.29 Å². The lowest BCUT2D eigenvalue weighted by Crippen LogP contribution is -2.04. The molecular weight excluding hydrogens is 116 g/mol. The van der Waals surface area contributed by atoms with Crippen molar-refractivity contribution < 1.29 is 10.2 Å². The van der Waals surface area contributed by atoms with Gasteiger partial charge in [0.05, 0.1) is 0 Å². The molecule has 9 heavy (non-hydrogen) atoms. The topological polar surface area (TPSA) is 40.5 Å². The van der Waals surface area contributed by atoms with Gasteiger partial charge in [-0.25, -0.2) is 0 Å². The van der Waals surface area contributed by atoms with Crippen LogP contribution in [0.5, 0.6) is 0 Å². The van der Waals surface area contributed by atoms with Crippen LogP contribution in [0.1, 0.15) is 26.7 Å². The summed E-state index contributed by atoms with van der Waals surface area (Å²) in [7, 11) is 0. The summed E-state index contributed by atoms with van der Waals surface area (Å²) < 4.78 is 0. The number of unbranched alkanes of at least 4 members (excludes halogenated alkanes) is 1. The van der Waals surface area contributed by atoms with Crippen molar-refractivity contribution in [2.75, 3.05) is 0 Å². The van der Waals surface area contributed by atoms with Crippen molar-refractivity contribution >= 4 is 0 Å². The molecule has 0 aliphatic heterocycles. The van der Waals surface area contributed by atoms with E-state index in [1.54, 1.807) is 6.92 Å². The van der Waals surface area contributed by atoms with Gasteiger partial charge in [0, 0.05) is 0 Å². The highest BCUT2D eigenvalue weighted by atomic mass is 16.5. The Balaban J connectivity index is 3.55. The number of hydrogen-bond acceptors (Lipinski definition) is 2. The lowest BCUT2D eigenvalue weighted by molar-refractivity contribution is -0.00788. The van der Waals surface area contributed by atoms with E-state index in [0.29, 0.717) is 5.57 Å². The summed E-state index contributed by atoms with van der Waals surface area (Å²) >= 11 is 0. The second kappa shape index (κ2) is 4.53. The summed E-state index contributed by atoms with van der Waals surface area (Å²) in [6, 6.07) is 0. The van der Waals surface area contributed by atoms with Crippen molar-refractivity contribution in [3.05, 3.63) is 11.6 Å². The van der Waals surface area contributed by atoms with Crippen LogP contribution in [-0.2, 0) is 0 Å². The zero-order valence-electron chi connectivity index (χ0n) is 5.96. The maximum atomic E-state index is 8.53. The van der Waals surface area contributed by atoms with Gasteiger partial charge in [-0.15, -0.1) is 0 Å². The fourth-order valence-electron chi connectivity index (χ4n) is 0.477. The molecule has 0 radical (unpaired) electrons. The highest BCUT2D eigenvalue weighted by Gasteiger charge is 1.96. The zero-order valence-corrected chi connectivity index (χ0v) is 5.96. The first-order chi connectivity index (χ1) is 4.18. The molecule has 0 saturated heterocycles. The third-order valence-electron chi connectivity index (χ3n) is 1.16. The summed E-state index contributed by atoms with van der Waals surface area (Å²) in [5.74, 6) is 0. The van der Waals surface area contributed by atoms with Gasteiger partial charge in [-0.3, -0.25) is 0 Å². The molecule has 2 N–H and O–H groups in total. The summed E-state index contributed by atoms with van der Waals surface area (Å²) in [6.07, 6.45) is 2.54. The highest BCUT2D eigenvalue weighted by molar-refractivity contribution is 4.99. The fourth-order valence-corrected chi connectivity index (χ4v) is 0.477. The van der Waals surface area contributed by atoms with Gasteiger partial charge in [-0.1, -0.05) is 19.4 Å². The van der Waals surface area contributed by atoms with Crippen molar-refractivity contribution in [1.29, 1.82) is 0 Å². The van der Waals surface area contributed by atoms with Crippen molar-refractivity contribution in [2.24, 2.45) is 0 Å². The van der Waals surface area contributed by atoms with E-state index in [2.05, 4.69) is 0 Å². The molecule has 54 valence electrons. The van der Waals surface area contributed by atoms with Gasteiger partial charge < -0.3 is 10.2 Å². The Morgan fingerprint density at radius 2 is 2.11 bits per heavy atom. The molecule has 0 atom stereocenters. The fraction of sp³-hybridized carbons (Fsp3) is 0.714. The number of hydrogen-bond donors (Lipinski definition) is 2. The van der Waals surface area contributed by atoms with E-state index in [9.17, 15) is 0 Å². The normalized spacial score (nSPS) is 12.8. The molecule has 0 aromatic carbocycles. The van der Waals surface area contributed by atoms with Crippen molar-refractivity contribution in [3.8, 4) is 0 Å². The molecule has 0 rings (SSSR count). The van der Waals surface area contributed by atoms with Crippen LogP contribution in [0.4, 0.5) is 0 Å². The Kier molecular flexibility index (Phi) is 4.36. The zero-order chi connectivity index (χ0) is 7.28. The van der Waals surface area contributed by atoms with Crippen molar-refractivity contribution in [1.82, 2.24) is 0 Å². The van der Waals surface area contributed by atoms with Gasteiger partial charge in [0.1, 0.15) is 0 Å². The minimum Gasteiger partial charge on any atom is -0.365 e. The minimum atomic E-state index is -1.27. The van der Waals surface area contributed by atoms with Crippen LogP contribution in [0, 0.1) is 0 Å². The van der Waals surface area contributed by atoms with Gasteiger partial charge in [0.25, 0.3) is 0 Å². The number of rotatable bonds is 3. The van der Waals surface area contributed by atoms with E-state index >= 15 is 0 Å². The molecule has 0 spiro atoms. The average molecular weight is 130 g/mol. The molecule has 0 bridgehead atoms. The van der Waals surface area contributed by atoms with E-state index in [4.69, 9.17) is 10.2 Å². The molecular formula is C7H14O2. The number of allylic oxidation sites excluding steroid dienone is 1. The second-order valence-electron chi connectivity index (χ2n) is 2.11. The van der Waals surface area contributed by atoms with E-state index in [1.165, 1.54) is 0 Å². The Morgan fingerprint density at radius 3 is 2.44 bits per heavy atom. The van der Waals surface area contributed by atoms with Gasteiger partial charge >= 0.3 is 0 Å². The molecule has 0 aliphatic rings. The van der Waals surface area contributed by atoms with Gasteiger partial charge in [-0.05, 0) is 18.9 Å². The quantitative estimate of drug-likeness (QED) is 0.442. The summed E-state index contributed by atoms with van der Waals surface area (Å²) in [5, 5.41) is 17.1. The summed E-state index contributed by atoms with van der Waals surface area (Å²) in [6.45, 7) is 3.76. The van der Waals surface area contributed by atoms with Crippen molar-refractivity contribution in [3.63, 3.8) is 0 Å². The maximum absolute atomic E-state index is 8.53. The van der Waals surface area contributed by atoms with E-state index in [1.807, 2.05) is 13.0 Å². The Bertz CT molecular complexity index is 95.1. The largest absolute Gasteiger partial charge is 0.365 e. The molecule has 2 heteroatoms. The lowest BCUT2D eigenvalue weighted by atomic mass is 10.2. The molecule has 0 amide bonds. The highest BCUT2D eigenvalue weighted by Crippen LogP contribution is 2.00. The van der Waals surface area contributed by atoms with E-state index in [0.717, 1.165) is 12.8 Å². The van der Waals surface area contributed by atoms with Gasteiger partial charge in [0.2, 0.25) is 0 Å². The third kappa shape index (κ3) is 4.18. The Hall–Kier alpha value is -0.340. The predicted octanol–water partition coefficient (Wildman–Crippen LogP) is 1.04. The van der Waals surface area contributed by atoms with Crippen LogP contribution in [0.15, 0.2) is 11.6 Å². The molecule has 0 aromatic rings. The summed E-state index contributed by atoms with van der Waals surface area (Å²) in [4.78, 5) is 0. The summed E-state index contributed by atoms with van der Waals surface area (Å²) in [5.41, 5.74) is 0.636. The smallest absolute Gasteiger partial charge is 0.173 e. The van der Waals surface area contributed by atoms with E-state index < -0.39 is 6.29 Å². The lowest BCUT2D eigenvalue weighted by Gasteiger charge is -2.01. The molecule has 2 nitrogen and oxygen atoms in total. The standard InChI is InChI=1S/C7H14O2/c1-3-4-5-6(2)7(8)9/h5,7-9H,3-4H2,1-2H3. The first-order valence-electron chi connectivity index (χ1n) is 3.21. The predicted molar refractivity (Wildman–Crippen MR) is 36.9 cm³/mol. The monoisotopic (exact) mass is 130 g/mol. The Labute approximate surface area is 55.8 Å². The van der Waals surface area contributed by atoms with Crippen LogP contribution in [0.2, 0.25) is 0 Å². The molecule has 0 unspecified atom stereocenters.